The summed E-state index contributed by atoms with van der Waals surface area (Å²) >= 11 is 0. The summed E-state index contributed by atoms with van der Waals surface area (Å²) in [6.45, 7) is 5.29. The van der Waals surface area contributed by atoms with Gasteiger partial charge in [0.2, 0.25) is 5.95 Å². The number of pyridine rings is 1. The Kier molecular flexibility index (Phi) is 7.76. The molecular formula is C28H30F3N3O2. The molecule has 1 saturated heterocycles. The number of nitrogens with one attached hydrogen (secondary N) is 1. The Morgan fingerprint density at radius 3 is 2.28 bits per heavy atom. The molecule has 1 fully saturated rings. The van der Waals surface area contributed by atoms with Crippen LogP contribution < -0.4 is 5.32 Å². The molecule has 2 heterocycles. The second-order valence-corrected chi connectivity index (χ2v) is 9.85. The van der Waals surface area contributed by atoms with Crippen molar-refractivity contribution in [1.82, 2.24) is 15.2 Å². The van der Waals surface area contributed by atoms with Gasteiger partial charge in [-0.1, -0.05) is 36.4 Å². The minimum Gasteiger partial charge on any atom is -0.381 e. The number of rotatable bonds is 7. The molecule has 36 heavy (non-hydrogen) atoms. The lowest BCUT2D eigenvalue weighted by Crippen LogP contribution is -2.43. The second kappa shape index (κ2) is 10.8. The normalized spacial score (nSPS) is 16.1. The van der Waals surface area contributed by atoms with Gasteiger partial charge in [-0.15, -0.1) is 0 Å². The van der Waals surface area contributed by atoms with Gasteiger partial charge >= 0.3 is 0 Å². The van der Waals surface area contributed by atoms with Crippen LogP contribution in [-0.2, 0) is 11.3 Å². The third kappa shape index (κ3) is 6.30. The van der Waals surface area contributed by atoms with Crippen LogP contribution in [0.4, 0.5) is 13.2 Å². The maximum atomic E-state index is 13.9. The summed E-state index contributed by atoms with van der Waals surface area (Å²) in [4.78, 5) is 18.6. The summed E-state index contributed by atoms with van der Waals surface area (Å²) in [5, 5.41) is 12.8. The fraction of sp³-hybridized carbons (Fsp3) is 0.357. The fourth-order valence-corrected chi connectivity index (χ4v) is 4.49. The van der Waals surface area contributed by atoms with Crippen molar-refractivity contribution < 1.29 is 23.1 Å². The van der Waals surface area contributed by atoms with E-state index >= 15 is 0 Å². The standard InChI is InChI=1S/C28H30F3N3O2/c1-28(2,36)27(35)33-26(21-7-9-23(29)24(30)15-21)20-5-3-18(4-6-20)17-34-13-11-19(12-14-34)22-8-10-25(31)32-16-22/h3-10,15-16,19,26,36H,11-14,17H2,1-2H3,(H,33,35). The topological polar surface area (TPSA) is 65.5 Å². The van der Waals surface area contributed by atoms with E-state index < -0.39 is 35.1 Å². The minimum absolute atomic E-state index is 0.368. The van der Waals surface area contributed by atoms with Crippen LogP contribution in [0.3, 0.4) is 0 Å². The monoisotopic (exact) mass is 497 g/mol. The SMILES string of the molecule is CC(C)(O)C(=O)NC(c1ccc(CN2CCC(c3ccc(F)nc3)CC2)cc1)c1ccc(F)c(F)c1. The molecule has 1 unspecified atom stereocenters. The maximum absolute atomic E-state index is 13.9. The third-order valence-corrected chi connectivity index (χ3v) is 6.64. The first-order valence-electron chi connectivity index (χ1n) is 12.0. The van der Waals surface area contributed by atoms with E-state index in [2.05, 4.69) is 15.2 Å². The Bertz CT molecular complexity index is 1190. The number of likely N-dealkylation sites (tertiary alicyclic amines) is 1. The molecule has 1 aliphatic rings. The summed E-state index contributed by atoms with van der Waals surface area (Å²) in [5.41, 5.74) is 1.57. The van der Waals surface area contributed by atoms with Crippen LogP contribution >= 0.6 is 0 Å². The molecule has 0 saturated carbocycles. The van der Waals surface area contributed by atoms with E-state index in [1.807, 2.05) is 30.3 Å². The highest BCUT2D eigenvalue weighted by Gasteiger charge is 2.28. The van der Waals surface area contributed by atoms with Crippen molar-refractivity contribution in [2.24, 2.45) is 0 Å². The van der Waals surface area contributed by atoms with Crippen molar-refractivity contribution in [3.8, 4) is 0 Å². The average Bonchev–Trinajstić information content (AvgIpc) is 2.85. The van der Waals surface area contributed by atoms with Crippen LogP contribution in [0.1, 0.15) is 60.9 Å². The van der Waals surface area contributed by atoms with Gasteiger partial charge < -0.3 is 10.4 Å². The number of aliphatic hydroxyl groups is 1. The maximum Gasteiger partial charge on any atom is 0.252 e. The first-order chi connectivity index (χ1) is 17.1. The van der Waals surface area contributed by atoms with Gasteiger partial charge in [0.25, 0.3) is 5.91 Å². The van der Waals surface area contributed by atoms with E-state index in [1.165, 1.54) is 26.0 Å². The molecule has 0 aliphatic carbocycles. The summed E-state index contributed by atoms with van der Waals surface area (Å²) in [6, 6.07) is 13.6. The van der Waals surface area contributed by atoms with Crippen molar-refractivity contribution in [2.75, 3.05) is 13.1 Å². The van der Waals surface area contributed by atoms with E-state index in [0.29, 0.717) is 17.0 Å². The predicted molar refractivity (Wildman–Crippen MR) is 131 cm³/mol. The Morgan fingerprint density at radius 2 is 1.69 bits per heavy atom. The van der Waals surface area contributed by atoms with Crippen molar-refractivity contribution in [1.29, 1.82) is 0 Å². The summed E-state index contributed by atoms with van der Waals surface area (Å²) in [6.07, 6.45) is 3.55. The molecule has 0 bridgehead atoms. The molecule has 3 aromatic rings. The van der Waals surface area contributed by atoms with Gasteiger partial charge in [-0.2, -0.15) is 4.39 Å². The van der Waals surface area contributed by atoms with Gasteiger partial charge in [-0.05, 0) is 86.1 Å². The van der Waals surface area contributed by atoms with Crippen LogP contribution in [-0.4, -0.2) is 39.6 Å². The minimum atomic E-state index is -1.63. The van der Waals surface area contributed by atoms with Crippen LogP contribution in [0, 0.1) is 17.6 Å². The number of nitrogens with zero attached hydrogens (tertiary/aromatic N) is 2. The number of amides is 1. The van der Waals surface area contributed by atoms with Gasteiger partial charge in [0.1, 0.15) is 5.60 Å². The van der Waals surface area contributed by atoms with Crippen LogP contribution in [0.15, 0.2) is 60.8 Å². The smallest absolute Gasteiger partial charge is 0.252 e. The van der Waals surface area contributed by atoms with E-state index in [-0.39, 0.29) is 0 Å². The highest BCUT2D eigenvalue weighted by Crippen LogP contribution is 2.29. The molecule has 190 valence electrons. The van der Waals surface area contributed by atoms with Crippen LogP contribution in [0.5, 0.6) is 0 Å². The molecular weight excluding hydrogens is 467 g/mol. The van der Waals surface area contributed by atoms with E-state index in [4.69, 9.17) is 0 Å². The Morgan fingerprint density at radius 1 is 1.03 bits per heavy atom. The van der Waals surface area contributed by atoms with E-state index in [1.54, 1.807) is 6.20 Å². The highest BCUT2D eigenvalue weighted by atomic mass is 19.2. The molecule has 2 aromatic carbocycles. The number of halogens is 3. The van der Waals surface area contributed by atoms with Crippen molar-refractivity contribution in [3.05, 3.63) is 101 Å². The molecule has 2 N–H and O–H groups in total. The first kappa shape index (κ1) is 25.9. The number of piperidine rings is 1. The zero-order chi connectivity index (χ0) is 25.9. The fourth-order valence-electron chi connectivity index (χ4n) is 4.49. The summed E-state index contributed by atoms with van der Waals surface area (Å²) < 4.78 is 40.5. The molecule has 1 atom stereocenters. The second-order valence-electron chi connectivity index (χ2n) is 9.85. The van der Waals surface area contributed by atoms with Crippen LogP contribution in [0.2, 0.25) is 0 Å². The highest BCUT2D eigenvalue weighted by molar-refractivity contribution is 5.84. The van der Waals surface area contributed by atoms with Gasteiger partial charge in [0.15, 0.2) is 11.6 Å². The first-order valence-corrected chi connectivity index (χ1v) is 12.0. The lowest BCUT2D eigenvalue weighted by atomic mass is 9.90. The average molecular weight is 498 g/mol. The van der Waals surface area contributed by atoms with Crippen molar-refractivity contribution >= 4 is 5.91 Å². The molecule has 1 aliphatic heterocycles. The summed E-state index contributed by atoms with van der Waals surface area (Å²) in [5.74, 6) is -2.70. The zero-order valence-corrected chi connectivity index (χ0v) is 20.3. The molecule has 0 spiro atoms. The Labute approximate surface area is 209 Å². The summed E-state index contributed by atoms with van der Waals surface area (Å²) in [7, 11) is 0. The molecule has 8 heteroatoms. The molecule has 1 aromatic heterocycles. The molecule has 4 rings (SSSR count). The molecule has 1 amide bonds. The molecule has 5 nitrogen and oxygen atoms in total. The van der Waals surface area contributed by atoms with Crippen LogP contribution in [0.25, 0.3) is 0 Å². The predicted octanol–water partition coefficient (Wildman–Crippen LogP) is 4.86. The lowest BCUT2D eigenvalue weighted by molar-refractivity contribution is -0.136. The van der Waals surface area contributed by atoms with Gasteiger partial charge in [0.05, 0.1) is 6.04 Å². The largest absolute Gasteiger partial charge is 0.381 e. The van der Waals surface area contributed by atoms with E-state index in [9.17, 15) is 23.1 Å². The Hall–Kier alpha value is -3.23. The third-order valence-electron chi connectivity index (χ3n) is 6.64. The number of carbonyl (C=O) groups is 1. The quantitative estimate of drug-likeness (QED) is 0.458. The van der Waals surface area contributed by atoms with Gasteiger partial charge in [0, 0.05) is 12.7 Å². The van der Waals surface area contributed by atoms with Crippen molar-refractivity contribution in [3.63, 3.8) is 0 Å². The number of hydrogen-bond donors (Lipinski definition) is 2. The van der Waals surface area contributed by atoms with Gasteiger partial charge in [-0.3, -0.25) is 9.69 Å². The zero-order valence-electron chi connectivity index (χ0n) is 20.3. The number of aromatic nitrogens is 1. The van der Waals surface area contributed by atoms with Crippen molar-refractivity contribution in [2.45, 2.75) is 50.8 Å². The number of hydrogen-bond acceptors (Lipinski definition) is 4. The van der Waals surface area contributed by atoms with E-state index in [0.717, 1.165) is 55.7 Å². The molecule has 0 radical (unpaired) electrons. The Balaban J connectivity index is 1.44. The van der Waals surface area contributed by atoms with Gasteiger partial charge in [-0.25, -0.2) is 13.8 Å². The number of benzene rings is 2. The number of carbonyl (C=O) groups excluding carboxylic acids is 1. The lowest BCUT2D eigenvalue weighted by Gasteiger charge is -2.32.